The van der Waals surface area contributed by atoms with E-state index >= 15 is 0 Å². The number of aromatic nitrogens is 2. The fourth-order valence-corrected chi connectivity index (χ4v) is 5.07. The third-order valence-electron chi connectivity index (χ3n) is 4.83. The van der Waals surface area contributed by atoms with Gasteiger partial charge in [-0.1, -0.05) is 0 Å². The number of halogens is 1. The van der Waals surface area contributed by atoms with Crippen molar-refractivity contribution >= 4 is 33.1 Å². The highest BCUT2D eigenvalue weighted by Crippen LogP contribution is 2.23. The summed E-state index contributed by atoms with van der Waals surface area (Å²) in [6.07, 6.45) is 3.62. The van der Waals surface area contributed by atoms with E-state index in [0.717, 1.165) is 5.01 Å². The third kappa shape index (κ3) is 4.04. The predicted octanol–water partition coefficient (Wildman–Crippen LogP) is 1.12. The molecule has 2 amide bonds. The molecular formula is C18H18FN5O4S. The van der Waals surface area contributed by atoms with Crippen LogP contribution in [0.2, 0.25) is 0 Å². The van der Waals surface area contributed by atoms with Crippen LogP contribution in [0.5, 0.6) is 0 Å². The Morgan fingerprint density at radius 1 is 1.28 bits per heavy atom. The summed E-state index contributed by atoms with van der Waals surface area (Å²) in [4.78, 5) is 24.7. The lowest BCUT2D eigenvalue weighted by atomic mass is 10.1. The van der Waals surface area contributed by atoms with Crippen LogP contribution in [0.25, 0.3) is 5.69 Å². The van der Waals surface area contributed by atoms with Crippen LogP contribution in [0, 0.1) is 5.82 Å². The monoisotopic (exact) mass is 419 g/mol. The van der Waals surface area contributed by atoms with E-state index in [0.29, 0.717) is 6.42 Å². The highest BCUT2D eigenvalue weighted by molar-refractivity contribution is 7.91. The fourth-order valence-electron chi connectivity index (χ4n) is 3.37. The van der Waals surface area contributed by atoms with Gasteiger partial charge < -0.3 is 5.32 Å². The molecule has 1 N–H and O–H groups in total. The Morgan fingerprint density at radius 2 is 2.10 bits per heavy atom. The zero-order valence-electron chi connectivity index (χ0n) is 15.3. The van der Waals surface area contributed by atoms with E-state index in [1.165, 1.54) is 29.1 Å². The molecule has 0 aliphatic carbocycles. The van der Waals surface area contributed by atoms with Crippen LogP contribution in [-0.4, -0.2) is 58.3 Å². The van der Waals surface area contributed by atoms with Gasteiger partial charge in [0.2, 0.25) is 5.91 Å². The van der Waals surface area contributed by atoms with Gasteiger partial charge in [-0.2, -0.15) is 10.2 Å². The smallest absolute Gasteiger partial charge is 0.271 e. The first-order valence-electron chi connectivity index (χ1n) is 9.03. The van der Waals surface area contributed by atoms with Crippen molar-refractivity contribution < 1.29 is 22.4 Å². The Bertz CT molecular complexity index is 1100. The number of carbonyl (C=O) groups is 2. The number of hydrogen-bond acceptors (Lipinski definition) is 6. The van der Waals surface area contributed by atoms with Gasteiger partial charge in [0.1, 0.15) is 11.4 Å². The number of sulfone groups is 1. The molecule has 1 aromatic heterocycles. The predicted molar refractivity (Wildman–Crippen MR) is 103 cm³/mol. The van der Waals surface area contributed by atoms with Crippen molar-refractivity contribution in [2.24, 2.45) is 5.10 Å². The Morgan fingerprint density at radius 3 is 2.76 bits per heavy atom. The van der Waals surface area contributed by atoms with Gasteiger partial charge in [0, 0.05) is 30.9 Å². The number of carbonyl (C=O) groups excluding carboxylic acids is 2. The maximum absolute atomic E-state index is 14.3. The molecule has 152 valence electrons. The van der Waals surface area contributed by atoms with Gasteiger partial charge in [0.05, 0.1) is 17.5 Å². The second kappa shape index (κ2) is 7.39. The van der Waals surface area contributed by atoms with E-state index in [9.17, 15) is 22.4 Å². The zero-order valence-corrected chi connectivity index (χ0v) is 16.1. The molecule has 11 heteroatoms. The van der Waals surface area contributed by atoms with E-state index in [-0.39, 0.29) is 47.3 Å². The standard InChI is InChI=1S/C18H18FN5O4S/c19-14-10-12(2-4-16(14)23-8-1-7-20-23)21-18(26)15-3-5-17(25)24(22-15)13-6-9-29(27,28)11-13/h1-2,4,7-8,10,13H,3,5-6,9,11H2,(H,21,26)/t13-/m1/s1. The molecule has 0 radical (unpaired) electrons. The lowest BCUT2D eigenvalue weighted by Crippen LogP contribution is -2.42. The molecule has 9 nitrogen and oxygen atoms in total. The second-order valence-corrected chi connectivity index (χ2v) is 9.14. The number of nitrogens with one attached hydrogen (secondary N) is 1. The molecule has 1 saturated heterocycles. The Labute approximate surface area is 166 Å². The van der Waals surface area contributed by atoms with Crippen LogP contribution < -0.4 is 5.32 Å². The van der Waals surface area contributed by atoms with Crippen molar-refractivity contribution in [3.8, 4) is 5.69 Å². The second-order valence-electron chi connectivity index (χ2n) is 6.91. The van der Waals surface area contributed by atoms with Gasteiger partial charge in [-0.3, -0.25) is 9.59 Å². The summed E-state index contributed by atoms with van der Waals surface area (Å²) in [6, 6.07) is 5.30. The molecule has 4 rings (SSSR count). The molecule has 1 fully saturated rings. The lowest BCUT2D eigenvalue weighted by Gasteiger charge is -2.27. The first-order valence-corrected chi connectivity index (χ1v) is 10.9. The van der Waals surface area contributed by atoms with Crippen molar-refractivity contribution in [3.05, 3.63) is 42.5 Å². The van der Waals surface area contributed by atoms with Crippen molar-refractivity contribution in [2.45, 2.75) is 25.3 Å². The first-order chi connectivity index (χ1) is 13.8. The van der Waals surface area contributed by atoms with E-state index in [4.69, 9.17) is 0 Å². The molecule has 1 atom stereocenters. The number of hydrogen-bond donors (Lipinski definition) is 1. The van der Waals surface area contributed by atoms with Crippen LogP contribution in [0.1, 0.15) is 19.3 Å². The quantitative estimate of drug-likeness (QED) is 0.798. The van der Waals surface area contributed by atoms with Crippen molar-refractivity contribution in [2.75, 3.05) is 16.8 Å². The SMILES string of the molecule is O=C(Nc1ccc(-n2cccn2)c(F)c1)C1=NN([C@@H]2CCS(=O)(=O)C2)C(=O)CC1. The fraction of sp³-hybridized carbons (Fsp3) is 0.333. The molecule has 3 heterocycles. The summed E-state index contributed by atoms with van der Waals surface area (Å²) in [5, 5.41) is 11.8. The minimum atomic E-state index is -3.19. The van der Waals surface area contributed by atoms with Gasteiger partial charge in [-0.15, -0.1) is 0 Å². The molecule has 0 saturated carbocycles. The summed E-state index contributed by atoms with van der Waals surface area (Å²) >= 11 is 0. The van der Waals surface area contributed by atoms with Gasteiger partial charge in [0.25, 0.3) is 5.91 Å². The maximum Gasteiger partial charge on any atom is 0.271 e. The van der Waals surface area contributed by atoms with Crippen LogP contribution in [0.4, 0.5) is 10.1 Å². The minimum absolute atomic E-state index is 0.000371. The molecule has 2 aliphatic rings. The Hall–Kier alpha value is -3.08. The maximum atomic E-state index is 14.3. The normalized spacial score (nSPS) is 21.1. The number of benzene rings is 1. The number of rotatable bonds is 4. The molecule has 29 heavy (non-hydrogen) atoms. The summed E-state index contributed by atoms with van der Waals surface area (Å²) in [7, 11) is -3.19. The molecule has 2 aromatic rings. The van der Waals surface area contributed by atoms with E-state index in [1.807, 2.05) is 0 Å². The lowest BCUT2D eigenvalue weighted by molar-refractivity contribution is -0.133. The summed E-state index contributed by atoms with van der Waals surface area (Å²) in [5.41, 5.74) is 0.575. The van der Waals surface area contributed by atoms with E-state index in [2.05, 4.69) is 15.5 Å². The van der Waals surface area contributed by atoms with Crippen molar-refractivity contribution in [1.29, 1.82) is 0 Å². The highest BCUT2D eigenvalue weighted by atomic mass is 32.2. The number of amides is 2. The van der Waals surface area contributed by atoms with E-state index < -0.39 is 27.6 Å². The molecule has 0 spiro atoms. The van der Waals surface area contributed by atoms with Crippen LogP contribution in [-0.2, 0) is 19.4 Å². The molecule has 0 bridgehead atoms. The largest absolute Gasteiger partial charge is 0.321 e. The minimum Gasteiger partial charge on any atom is -0.321 e. The van der Waals surface area contributed by atoms with Crippen LogP contribution in [0.15, 0.2) is 41.8 Å². The zero-order chi connectivity index (χ0) is 20.6. The molecule has 1 aromatic carbocycles. The van der Waals surface area contributed by atoms with Gasteiger partial charge in [0.15, 0.2) is 15.7 Å². The number of hydrazone groups is 1. The Balaban J connectivity index is 1.50. The molecular weight excluding hydrogens is 401 g/mol. The topological polar surface area (TPSA) is 114 Å². The summed E-state index contributed by atoms with van der Waals surface area (Å²) in [6.45, 7) is 0. The number of nitrogens with zero attached hydrogens (tertiary/aromatic N) is 4. The van der Waals surface area contributed by atoms with E-state index in [1.54, 1.807) is 12.3 Å². The highest BCUT2D eigenvalue weighted by Gasteiger charge is 2.37. The summed E-state index contributed by atoms with van der Waals surface area (Å²) < 4.78 is 39.1. The van der Waals surface area contributed by atoms with Gasteiger partial charge in [-0.05, 0) is 30.7 Å². The van der Waals surface area contributed by atoms with Gasteiger partial charge >= 0.3 is 0 Å². The van der Waals surface area contributed by atoms with Crippen molar-refractivity contribution in [3.63, 3.8) is 0 Å². The van der Waals surface area contributed by atoms with Crippen LogP contribution >= 0.6 is 0 Å². The first kappa shape index (κ1) is 19.2. The van der Waals surface area contributed by atoms with Crippen LogP contribution in [0.3, 0.4) is 0 Å². The summed E-state index contributed by atoms with van der Waals surface area (Å²) in [5.74, 6) is -1.59. The Kier molecular flexibility index (Phi) is 4.91. The molecule has 0 unspecified atom stereocenters. The van der Waals surface area contributed by atoms with Crippen molar-refractivity contribution in [1.82, 2.24) is 14.8 Å². The molecule has 2 aliphatic heterocycles. The average molecular weight is 419 g/mol. The number of anilines is 1. The third-order valence-corrected chi connectivity index (χ3v) is 6.58. The average Bonchev–Trinajstić information content (AvgIpc) is 3.32. The van der Waals surface area contributed by atoms with Gasteiger partial charge in [-0.25, -0.2) is 22.5 Å².